The molecule has 0 fully saturated rings. The van der Waals surface area contributed by atoms with E-state index in [0.29, 0.717) is 18.0 Å². The van der Waals surface area contributed by atoms with Gasteiger partial charge in [0, 0.05) is 17.9 Å². The summed E-state index contributed by atoms with van der Waals surface area (Å²) < 4.78 is 38.7. The fourth-order valence-electron chi connectivity index (χ4n) is 1.94. The van der Waals surface area contributed by atoms with Gasteiger partial charge in [-0.2, -0.15) is 18.3 Å². The summed E-state index contributed by atoms with van der Waals surface area (Å²) in [6.07, 6.45) is -3.98. The van der Waals surface area contributed by atoms with Gasteiger partial charge < -0.3 is 5.73 Å². The topological polar surface area (TPSA) is 50.7 Å². The number of hydrogen-bond donors (Lipinski definition) is 1. The average Bonchev–Trinajstić information content (AvgIpc) is 2.28. The molecule has 1 aromatic rings. The molecule has 0 aliphatic carbocycles. The van der Waals surface area contributed by atoms with Crippen LogP contribution in [0.4, 0.5) is 13.2 Å². The van der Waals surface area contributed by atoms with Crippen LogP contribution in [0.25, 0.3) is 0 Å². The fourth-order valence-corrected chi connectivity index (χ4v) is 1.94. The van der Waals surface area contributed by atoms with Gasteiger partial charge in [0.2, 0.25) is 0 Å². The Hall–Kier alpha value is -1.85. The number of amidine groups is 1. The molecule has 96 valence electrons. The molecule has 0 radical (unpaired) electrons. The quantitative estimate of drug-likeness (QED) is 0.824. The minimum Gasteiger partial charge on any atom is -0.386 e. The van der Waals surface area contributed by atoms with Crippen LogP contribution in [0.2, 0.25) is 0 Å². The Balaban J connectivity index is 2.52. The van der Waals surface area contributed by atoms with Crippen LogP contribution in [0, 0.1) is 5.92 Å². The van der Waals surface area contributed by atoms with Gasteiger partial charge in [-0.15, -0.1) is 5.10 Å². The Morgan fingerprint density at radius 1 is 1.22 bits per heavy atom. The van der Waals surface area contributed by atoms with Gasteiger partial charge in [0.15, 0.2) is 0 Å². The van der Waals surface area contributed by atoms with Crippen molar-refractivity contribution in [2.45, 2.75) is 19.5 Å². The molecule has 0 bridgehead atoms. The predicted molar refractivity (Wildman–Crippen MR) is 63.4 cm³/mol. The summed E-state index contributed by atoms with van der Waals surface area (Å²) in [5.74, 6) is 0.168. The molecule has 0 amide bonds. The molecule has 0 saturated heterocycles. The molecule has 1 aromatic carbocycles. The molecule has 1 aliphatic heterocycles. The van der Waals surface area contributed by atoms with Gasteiger partial charge in [-0.05, 0) is 6.07 Å². The molecule has 6 heteroatoms. The van der Waals surface area contributed by atoms with Crippen molar-refractivity contribution in [1.82, 2.24) is 0 Å². The Labute approximate surface area is 102 Å². The number of halogens is 3. The van der Waals surface area contributed by atoms with Gasteiger partial charge >= 0.3 is 6.18 Å². The lowest BCUT2D eigenvalue weighted by Gasteiger charge is -2.20. The SMILES string of the molecule is CC1CC(N)=NN=C1c1ccccc1C(F)(F)F. The zero-order chi connectivity index (χ0) is 13.3. The summed E-state index contributed by atoms with van der Waals surface area (Å²) in [4.78, 5) is 0. The zero-order valence-corrected chi connectivity index (χ0v) is 9.70. The molecule has 3 nitrogen and oxygen atoms in total. The molecule has 0 saturated carbocycles. The number of benzene rings is 1. The highest BCUT2D eigenvalue weighted by Gasteiger charge is 2.35. The van der Waals surface area contributed by atoms with Crippen molar-refractivity contribution in [3.63, 3.8) is 0 Å². The lowest BCUT2D eigenvalue weighted by molar-refractivity contribution is -0.137. The summed E-state index contributed by atoms with van der Waals surface area (Å²) >= 11 is 0. The smallest absolute Gasteiger partial charge is 0.386 e. The first-order chi connectivity index (χ1) is 8.39. The van der Waals surface area contributed by atoms with Crippen LogP contribution >= 0.6 is 0 Å². The summed E-state index contributed by atoms with van der Waals surface area (Å²) in [5, 5.41) is 7.49. The van der Waals surface area contributed by atoms with Crippen molar-refractivity contribution < 1.29 is 13.2 Å². The van der Waals surface area contributed by atoms with Gasteiger partial charge in [-0.1, -0.05) is 25.1 Å². The third-order valence-electron chi connectivity index (χ3n) is 2.78. The average molecular weight is 255 g/mol. The van der Waals surface area contributed by atoms with Crippen LogP contribution in [0.1, 0.15) is 24.5 Å². The number of nitrogens with two attached hydrogens (primary N) is 1. The van der Waals surface area contributed by atoms with E-state index >= 15 is 0 Å². The lowest BCUT2D eigenvalue weighted by atomic mass is 9.91. The van der Waals surface area contributed by atoms with Crippen LogP contribution < -0.4 is 5.73 Å². The van der Waals surface area contributed by atoms with Crippen molar-refractivity contribution in [3.8, 4) is 0 Å². The Morgan fingerprint density at radius 2 is 1.89 bits per heavy atom. The first kappa shape index (κ1) is 12.6. The highest BCUT2D eigenvalue weighted by Crippen LogP contribution is 2.33. The normalized spacial score (nSPS) is 20.3. The predicted octanol–water partition coefficient (Wildman–Crippen LogP) is 2.81. The Bertz CT molecular complexity index is 518. The highest BCUT2D eigenvalue weighted by molar-refractivity contribution is 6.06. The summed E-state index contributed by atoms with van der Waals surface area (Å²) in [6.45, 7) is 1.79. The second-order valence-electron chi connectivity index (χ2n) is 4.23. The van der Waals surface area contributed by atoms with Crippen LogP contribution in [0.15, 0.2) is 34.5 Å². The summed E-state index contributed by atoms with van der Waals surface area (Å²) in [6, 6.07) is 5.38. The third kappa shape index (κ3) is 2.37. The van der Waals surface area contributed by atoms with E-state index in [1.54, 1.807) is 13.0 Å². The van der Waals surface area contributed by atoms with Crippen LogP contribution in [-0.4, -0.2) is 11.5 Å². The van der Waals surface area contributed by atoms with Crippen molar-refractivity contribution >= 4 is 11.5 Å². The minimum atomic E-state index is -4.40. The van der Waals surface area contributed by atoms with Crippen molar-refractivity contribution in [1.29, 1.82) is 0 Å². The van der Waals surface area contributed by atoms with Gasteiger partial charge in [-0.3, -0.25) is 0 Å². The molecule has 1 aliphatic rings. The number of rotatable bonds is 1. The van der Waals surface area contributed by atoms with E-state index in [1.165, 1.54) is 12.1 Å². The van der Waals surface area contributed by atoms with Crippen LogP contribution in [0.5, 0.6) is 0 Å². The molecule has 18 heavy (non-hydrogen) atoms. The van der Waals surface area contributed by atoms with Gasteiger partial charge in [0.25, 0.3) is 0 Å². The van der Waals surface area contributed by atoms with E-state index < -0.39 is 11.7 Å². The van der Waals surface area contributed by atoms with E-state index in [2.05, 4.69) is 10.2 Å². The number of nitrogens with zero attached hydrogens (tertiary/aromatic N) is 2. The van der Waals surface area contributed by atoms with E-state index in [9.17, 15) is 13.2 Å². The molecule has 0 aromatic heterocycles. The molecular weight excluding hydrogens is 243 g/mol. The third-order valence-corrected chi connectivity index (χ3v) is 2.78. The van der Waals surface area contributed by atoms with E-state index in [1.807, 2.05) is 0 Å². The maximum absolute atomic E-state index is 12.9. The standard InChI is InChI=1S/C12H12F3N3/c1-7-6-10(16)17-18-11(7)8-4-2-3-5-9(8)12(13,14)15/h2-5,7H,6H2,1H3,(H2,16,17). The molecule has 2 N–H and O–H groups in total. The van der Waals surface area contributed by atoms with Crippen LogP contribution in [0.3, 0.4) is 0 Å². The van der Waals surface area contributed by atoms with E-state index in [-0.39, 0.29) is 11.5 Å². The Kier molecular flexibility index (Phi) is 3.11. The van der Waals surface area contributed by atoms with Gasteiger partial charge in [0.05, 0.1) is 11.3 Å². The van der Waals surface area contributed by atoms with Crippen molar-refractivity contribution in [3.05, 3.63) is 35.4 Å². The molecule has 2 rings (SSSR count). The molecule has 1 unspecified atom stereocenters. The zero-order valence-electron chi connectivity index (χ0n) is 9.70. The number of alkyl halides is 3. The second-order valence-corrected chi connectivity index (χ2v) is 4.23. The first-order valence-corrected chi connectivity index (χ1v) is 5.46. The molecule has 0 spiro atoms. The highest BCUT2D eigenvalue weighted by atomic mass is 19.4. The largest absolute Gasteiger partial charge is 0.417 e. The fraction of sp³-hybridized carbons (Fsp3) is 0.333. The molecular formula is C12H12F3N3. The second kappa shape index (κ2) is 4.44. The summed E-state index contributed by atoms with van der Waals surface area (Å²) in [7, 11) is 0. The Morgan fingerprint density at radius 3 is 2.50 bits per heavy atom. The van der Waals surface area contributed by atoms with E-state index in [0.717, 1.165) is 6.07 Å². The first-order valence-electron chi connectivity index (χ1n) is 5.46. The van der Waals surface area contributed by atoms with Gasteiger partial charge in [-0.25, -0.2) is 0 Å². The van der Waals surface area contributed by atoms with Crippen molar-refractivity contribution in [2.24, 2.45) is 21.9 Å². The van der Waals surface area contributed by atoms with Crippen molar-refractivity contribution in [2.75, 3.05) is 0 Å². The maximum atomic E-state index is 12.9. The molecule has 1 atom stereocenters. The minimum absolute atomic E-state index is 0.0775. The van der Waals surface area contributed by atoms with Gasteiger partial charge in [0.1, 0.15) is 5.84 Å². The lowest BCUT2D eigenvalue weighted by Crippen LogP contribution is -2.27. The molecule has 1 heterocycles. The maximum Gasteiger partial charge on any atom is 0.417 e. The number of hydrogen-bond acceptors (Lipinski definition) is 3. The van der Waals surface area contributed by atoms with Crippen LogP contribution in [-0.2, 0) is 6.18 Å². The monoisotopic (exact) mass is 255 g/mol. The van der Waals surface area contributed by atoms with E-state index in [4.69, 9.17) is 5.73 Å². The summed E-state index contributed by atoms with van der Waals surface area (Å²) in [5.41, 5.74) is 5.23.